The molecule has 2 aromatic heterocycles. The van der Waals surface area contributed by atoms with Crippen LogP contribution >= 0.6 is 22.9 Å². The third kappa shape index (κ3) is 3.95. The lowest BCUT2D eigenvalue weighted by molar-refractivity contribution is 0.102. The molecule has 0 radical (unpaired) electrons. The largest absolute Gasteiger partial charge is 0.486 e. The molecule has 0 aliphatic rings. The van der Waals surface area contributed by atoms with Crippen molar-refractivity contribution in [3.05, 3.63) is 58.9 Å². The first-order valence-corrected chi connectivity index (χ1v) is 9.67. The first-order valence-electron chi connectivity index (χ1n) is 8.47. The van der Waals surface area contributed by atoms with Crippen LogP contribution in [0.4, 0.5) is 5.13 Å². The number of amides is 1. The van der Waals surface area contributed by atoms with Crippen LogP contribution in [-0.4, -0.2) is 31.1 Å². The molecule has 0 bridgehead atoms. The zero-order valence-electron chi connectivity index (χ0n) is 14.8. The first kappa shape index (κ1) is 18.3. The molecule has 2 aromatic carbocycles. The average Bonchev–Trinajstić information content (AvgIpc) is 3.32. The summed E-state index contributed by atoms with van der Waals surface area (Å²) in [5.74, 6) is 1.02. The van der Waals surface area contributed by atoms with Gasteiger partial charge in [0.15, 0.2) is 11.0 Å². The molecule has 142 valence electrons. The van der Waals surface area contributed by atoms with Crippen molar-refractivity contribution in [2.24, 2.45) is 0 Å². The molecule has 8 nitrogen and oxygen atoms in total. The zero-order chi connectivity index (χ0) is 19.5. The Hall–Kier alpha value is -3.04. The van der Waals surface area contributed by atoms with Crippen molar-refractivity contribution in [1.82, 2.24) is 25.2 Å². The molecule has 28 heavy (non-hydrogen) atoms. The first-order chi connectivity index (χ1) is 13.6. The Morgan fingerprint density at radius 1 is 1.25 bits per heavy atom. The number of fused-ring (bicyclic) bond motifs is 1. The van der Waals surface area contributed by atoms with E-state index in [1.54, 1.807) is 35.0 Å². The Bertz CT molecular complexity index is 1120. The van der Waals surface area contributed by atoms with E-state index < -0.39 is 0 Å². The maximum atomic E-state index is 12.5. The standard InChI is InChI=1S/C18H15ClN6O2S/c1-2-25-16(22-23-24-25)10-27-13-6-3-11(4-7-13)17(26)21-18-20-14-8-5-12(19)9-15(14)28-18/h3-9H,2,10H2,1H3,(H,20,21,26). The van der Waals surface area contributed by atoms with Gasteiger partial charge in [0.05, 0.1) is 10.2 Å². The molecule has 10 heteroatoms. The van der Waals surface area contributed by atoms with Crippen molar-refractivity contribution in [3.8, 4) is 5.75 Å². The van der Waals surface area contributed by atoms with Gasteiger partial charge in [-0.05, 0) is 59.8 Å². The van der Waals surface area contributed by atoms with Gasteiger partial charge in [0, 0.05) is 17.1 Å². The highest BCUT2D eigenvalue weighted by molar-refractivity contribution is 7.22. The summed E-state index contributed by atoms with van der Waals surface area (Å²) in [6.07, 6.45) is 0. The normalized spacial score (nSPS) is 10.9. The maximum absolute atomic E-state index is 12.5. The van der Waals surface area contributed by atoms with E-state index in [4.69, 9.17) is 16.3 Å². The molecule has 1 amide bonds. The number of nitrogens with zero attached hydrogens (tertiary/aromatic N) is 5. The molecule has 4 aromatic rings. The van der Waals surface area contributed by atoms with Gasteiger partial charge in [-0.25, -0.2) is 9.67 Å². The molecular formula is C18H15ClN6O2S. The second kappa shape index (κ2) is 7.91. The van der Waals surface area contributed by atoms with Gasteiger partial charge in [0.1, 0.15) is 12.4 Å². The number of thiazole rings is 1. The van der Waals surface area contributed by atoms with Crippen molar-refractivity contribution in [1.29, 1.82) is 0 Å². The predicted molar refractivity (Wildman–Crippen MR) is 107 cm³/mol. The van der Waals surface area contributed by atoms with Crippen LogP contribution in [0.5, 0.6) is 5.75 Å². The van der Waals surface area contributed by atoms with Crippen LogP contribution in [-0.2, 0) is 13.2 Å². The van der Waals surface area contributed by atoms with Gasteiger partial charge >= 0.3 is 0 Å². The lowest BCUT2D eigenvalue weighted by atomic mass is 10.2. The minimum atomic E-state index is -0.244. The number of benzene rings is 2. The fourth-order valence-corrected chi connectivity index (χ4v) is 3.68. The SMILES string of the molecule is CCn1nnnc1COc1ccc(C(=O)Nc2nc3ccc(Cl)cc3s2)cc1. The van der Waals surface area contributed by atoms with Gasteiger partial charge < -0.3 is 4.74 Å². The van der Waals surface area contributed by atoms with Gasteiger partial charge in [-0.2, -0.15) is 0 Å². The highest BCUT2D eigenvalue weighted by Crippen LogP contribution is 2.28. The molecule has 0 unspecified atom stereocenters. The number of tetrazole rings is 1. The van der Waals surface area contributed by atoms with E-state index in [1.165, 1.54) is 11.3 Å². The maximum Gasteiger partial charge on any atom is 0.257 e. The third-order valence-electron chi connectivity index (χ3n) is 3.96. The van der Waals surface area contributed by atoms with Crippen molar-refractivity contribution in [3.63, 3.8) is 0 Å². The number of ether oxygens (including phenoxy) is 1. The molecule has 0 atom stereocenters. The summed E-state index contributed by atoms with van der Waals surface area (Å²) < 4.78 is 8.26. The van der Waals surface area contributed by atoms with Crippen LogP contribution < -0.4 is 10.1 Å². The molecular weight excluding hydrogens is 400 g/mol. The Labute approximate surface area is 169 Å². The van der Waals surface area contributed by atoms with E-state index in [0.717, 1.165) is 10.2 Å². The molecule has 2 heterocycles. The summed E-state index contributed by atoms with van der Waals surface area (Å²) in [5.41, 5.74) is 1.30. The summed E-state index contributed by atoms with van der Waals surface area (Å²) in [7, 11) is 0. The number of halogens is 1. The molecule has 4 rings (SSSR count). The van der Waals surface area contributed by atoms with Crippen molar-refractivity contribution in [2.45, 2.75) is 20.1 Å². The molecule has 1 N–H and O–H groups in total. The molecule has 0 aliphatic carbocycles. The Balaban J connectivity index is 1.40. The van der Waals surface area contributed by atoms with Gasteiger partial charge in [-0.15, -0.1) is 5.10 Å². The number of anilines is 1. The van der Waals surface area contributed by atoms with Crippen LogP contribution in [0.25, 0.3) is 10.2 Å². The summed E-state index contributed by atoms with van der Waals surface area (Å²) in [6, 6.07) is 12.3. The Morgan fingerprint density at radius 3 is 2.86 bits per heavy atom. The number of aryl methyl sites for hydroxylation is 1. The number of hydrogen-bond acceptors (Lipinski definition) is 7. The van der Waals surface area contributed by atoms with Crippen LogP contribution in [0.15, 0.2) is 42.5 Å². The summed E-state index contributed by atoms with van der Waals surface area (Å²) in [4.78, 5) is 16.8. The highest BCUT2D eigenvalue weighted by atomic mass is 35.5. The summed E-state index contributed by atoms with van der Waals surface area (Å²) >= 11 is 7.36. The topological polar surface area (TPSA) is 94.8 Å². The second-order valence-electron chi connectivity index (χ2n) is 5.81. The minimum Gasteiger partial charge on any atom is -0.486 e. The van der Waals surface area contributed by atoms with E-state index >= 15 is 0 Å². The van der Waals surface area contributed by atoms with Crippen LogP contribution in [0.3, 0.4) is 0 Å². The molecule has 0 aliphatic heterocycles. The number of hydrogen-bond donors (Lipinski definition) is 1. The lowest BCUT2D eigenvalue weighted by Gasteiger charge is -2.07. The van der Waals surface area contributed by atoms with Gasteiger partial charge in [0.2, 0.25) is 0 Å². The average molecular weight is 415 g/mol. The number of rotatable bonds is 6. The van der Waals surface area contributed by atoms with E-state index in [0.29, 0.717) is 33.8 Å². The lowest BCUT2D eigenvalue weighted by Crippen LogP contribution is -2.11. The predicted octanol–water partition coefficient (Wildman–Crippen LogP) is 3.79. The van der Waals surface area contributed by atoms with Crippen molar-refractivity contribution < 1.29 is 9.53 Å². The minimum absolute atomic E-state index is 0.244. The second-order valence-corrected chi connectivity index (χ2v) is 7.28. The fraction of sp³-hybridized carbons (Fsp3) is 0.167. The van der Waals surface area contributed by atoms with Gasteiger partial charge in [0.25, 0.3) is 5.91 Å². The monoisotopic (exact) mass is 414 g/mol. The highest BCUT2D eigenvalue weighted by Gasteiger charge is 2.11. The fourth-order valence-electron chi connectivity index (χ4n) is 2.54. The van der Waals surface area contributed by atoms with E-state index in [9.17, 15) is 4.79 Å². The summed E-state index contributed by atoms with van der Waals surface area (Å²) in [6.45, 7) is 2.87. The number of carbonyl (C=O) groups is 1. The van der Waals surface area contributed by atoms with Crippen LogP contribution in [0.1, 0.15) is 23.1 Å². The molecule has 0 spiro atoms. The van der Waals surface area contributed by atoms with Gasteiger partial charge in [-0.1, -0.05) is 22.9 Å². The molecule has 0 saturated heterocycles. The van der Waals surface area contributed by atoms with Crippen molar-refractivity contribution >= 4 is 44.2 Å². The number of nitrogens with one attached hydrogen (secondary N) is 1. The van der Waals surface area contributed by atoms with E-state index in [-0.39, 0.29) is 12.5 Å². The third-order valence-corrected chi connectivity index (χ3v) is 5.13. The summed E-state index contributed by atoms with van der Waals surface area (Å²) in [5, 5.41) is 15.4. The Morgan fingerprint density at radius 2 is 2.07 bits per heavy atom. The van der Waals surface area contributed by atoms with E-state index in [2.05, 4.69) is 25.8 Å². The van der Waals surface area contributed by atoms with Crippen molar-refractivity contribution in [2.75, 3.05) is 5.32 Å². The number of aromatic nitrogens is 5. The smallest absolute Gasteiger partial charge is 0.257 e. The van der Waals surface area contributed by atoms with E-state index in [1.807, 2.05) is 19.1 Å². The van der Waals surface area contributed by atoms with Crippen LogP contribution in [0, 0.1) is 0 Å². The Kier molecular flexibility index (Phi) is 5.18. The van der Waals surface area contributed by atoms with Crippen LogP contribution in [0.2, 0.25) is 5.02 Å². The zero-order valence-corrected chi connectivity index (χ0v) is 16.4. The van der Waals surface area contributed by atoms with Gasteiger partial charge in [-0.3, -0.25) is 10.1 Å². The molecule has 0 fully saturated rings. The quantitative estimate of drug-likeness (QED) is 0.515. The number of carbonyl (C=O) groups excluding carboxylic acids is 1. The molecule has 0 saturated carbocycles.